The molecule has 106 valence electrons. The van der Waals surface area contributed by atoms with Gasteiger partial charge in [-0.3, -0.25) is 5.43 Å². The van der Waals surface area contributed by atoms with E-state index in [1.807, 2.05) is 31.2 Å². The number of aryl methyl sites for hydroxylation is 1. The molecule has 0 aliphatic rings. The minimum atomic E-state index is 0.137. The summed E-state index contributed by atoms with van der Waals surface area (Å²) in [5.74, 6) is 6.55. The fraction of sp³-hybridized carbons (Fsp3) is 0.0769. The van der Waals surface area contributed by atoms with Crippen molar-refractivity contribution in [1.82, 2.24) is 24.7 Å². The van der Waals surface area contributed by atoms with Gasteiger partial charge >= 0.3 is 6.01 Å². The molecule has 0 radical (unpaired) electrons. The van der Waals surface area contributed by atoms with Crippen LogP contribution >= 0.6 is 0 Å². The van der Waals surface area contributed by atoms with Gasteiger partial charge in [0.2, 0.25) is 5.95 Å². The van der Waals surface area contributed by atoms with Crippen molar-refractivity contribution in [2.24, 2.45) is 5.84 Å². The lowest BCUT2D eigenvalue weighted by Crippen LogP contribution is -2.14. The lowest BCUT2D eigenvalue weighted by Gasteiger charge is -2.09. The van der Waals surface area contributed by atoms with Crippen molar-refractivity contribution in [2.45, 2.75) is 6.92 Å². The quantitative estimate of drug-likeness (QED) is 0.551. The van der Waals surface area contributed by atoms with Crippen molar-refractivity contribution < 1.29 is 4.74 Å². The Hall–Kier alpha value is -3.00. The van der Waals surface area contributed by atoms with Gasteiger partial charge in [-0.2, -0.15) is 20.1 Å². The molecule has 2 heterocycles. The molecule has 2 aromatic heterocycles. The predicted molar refractivity (Wildman–Crippen MR) is 76.0 cm³/mol. The average molecular weight is 283 g/mol. The number of nitrogens with zero attached hydrogens (tertiary/aromatic N) is 5. The van der Waals surface area contributed by atoms with E-state index < -0.39 is 0 Å². The van der Waals surface area contributed by atoms with E-state index >= 15 is 0 Å². The van der Waals surface area contributed by atoms with Crippen LogP contribution in [0.4, 0.5) is 5.95 Å². The van der Waals surface area contributed by atoms with Gasteiger partial charge in [0.25, 0.3) is 5.95 Å². The molecule has 3 aromatic rings. The SMILES string of the molecule is Cc1ccccc1Oc1nc(NN)nc(-n2cccn2)n1. The molecule has 0 aliphatic heterocycles. The Kier molecular flexibility index (Phi) is 3.44. The molecular formula is C13H13N7O. The second kappa shape index (κ2) is 5.55. The first-order valence-electron chi connectivity index (χ1n) is 6.22. The third kappa shape index (κ3) is 2.79. The van der Waals surface area contributed by atoms with E-state index in [0.717, 1.165) is 5.56 Å². The Bertz CT molecular complexity index is 742. The predicted octanol–water partition coefficient (Wildman–Crippen LogP) is 1.44. The van der Waals surface area contributed by atoms with Gasteiger partial charge in [0, 0.05) is 12.4 Å². The van der Waals surface area contributed by atoms with Crippen molar-refractivity contribution in [3.63, 3.8) is 0 Å². The van der Waals surface area contributed by atoms with Gasteiger partial charge < -0.3 is 4.74 Å². The molecule has 3 rings (SSSR count). The molecule has 0 fully saturated rings. The number of nitrogens with two attached hydrogens (primary N) is 1. The van der Waals surface area contributed by atoms with E-state index in [1.165, 1.54) is 4.68 Å². The summed E-state index contributed by atoms with van der Waals surface area (Å²) in [7, 11) is 0. The number of nitrogen functional groups attached to an aromatic ring is 1. The van der Waals surface area contributed by atoms with Crippen LogP contribution in [-0.2, 0) is 0 Å². The molecule has 3 N–H and O–H groups in total. The monoisotopic (exact) mass is 283 g/mol. The van der Waals surface area contributed by atoms with E-state index in [2.05, 4.69) is 25.5 Å². The maximum absolute atomic E-state index is 5.69. The molecule has 21 heavy (non-hydrogen) atoms. The largest absolute Gasteiger partial charge is 0.424 e. The van der Waals surface area contributed by atoms with Gasteiger partial charge in [-0.05, 0) is 24.6 Å². The number of benzene rings is 1. The lowest BCUT2D eigenvalue weighted by atomic mass is 10.2. The Balaban J connectivity index is 1.99. The highest BCUT2D eigenvalue weighted by Gasteiger charge is 2.10. The molecule has 0 amide bonds. The van der Waals surface area contributed by atoms with Crippen LogP contribution in [0.2, 0.25) is 0 Å². The molecule has 8 heteroatoms. The number of ether oxygens (including phenoxy) is 1. The Morgan fingerprint density at radius 1 is 1.14 bits per heavy atom. The normalized spacial score (nSPS) is 10.4. The first-order valence-corrected chi connectivity index (χ1v) is 6.22. The highest BCUT2D eigenvalue weighted by atomic mass is 16.5. The second-order valence-electron chi connectivity index (χ2n) is 4.20. The number of para-hydroxylation sites is 1. The number of hydrogen-bond acceptors (Lipinski definition) is 7. The number of anilines is 1. The van der Waals surface area contributed by atoms with Gasteiger partial charge in [0.1, 0.15) is 5.75 Å². The minimum absolute atomic E-state index is 0.137. The summed E-state index contributed by atoms with van der Waals surface area (Å²) in [6.07, 6.45) is 3.34. The summed E-state index contributed by atoms with van der Waals surface area (Å²) in [6, 6.07) is 9.48. The van der Waals surface area contributed by atoms with E-state index in [0.29, 0.717) is 11.7 Å². The number of hydrogen-bond donors (Lipinski definition) is 2. The summed E-state index contributed by atoms with van der Waals surface area (Å²) < 4.78 is 7.18. The van der Waals surface area contributed by atoms with E-state index in [1.54, 1.807) is 18.5 Å². The van der Waals surface area contributed by atoms with Crippen LogP contribution in [0.5, 0.6) is 11.8 Å². The van der Waals surface area contributed by atoms with Gasteiger partial charge in [-0.25, -0.2) is 10.5 Å². The molecule has 0 saturated heterocycles. The van der Waals surface area contributed by atoms with Crippen LogP contribution < -0.4 is 16.0 Å². The van der Waals surface area contributed by atoms with E-state index in [4.69, 9.17) is 10.6 Å². The summed E-state index contributed by atoms with van der Waals surface area (Å²) >= 11 is 0. The zero-order valence-corrected chi connectivity index (χ0v) is 11.3. The van der Waals surface area contributed by atoms with Gasteiger partial charge in [-0.15, -0.1) is 0 Å². The lowest BCUT2D eigenvalue weighted by molar-refractivity contribution is 0.435. The standard InChI is InChI=1S/C13H13N7O/c1-9-5-2-3-6-10(9)21-13-17-11(19-14)16-12(18-13)20-8-4-7-15-20/h2-8H,14H2,1H3,(H,16,17,18,19). The van der Waals surface area contributed by atoms with Crippen LogP contribution in [0.25, 0.3) is 5.95 Å². The van der Waals surface area contributed by atoms with Crippen molar-refractivity contribution >= 4 is 5.95 Å². The average Bonchev–Trinajstić information content (AvgIpc) is 3.04. The fourth-order valence-corrected chi connectivity index (χ4v) is 1.71. The number of nitrogens with one attached hydrogen (secondary N) is 1. The first kappa shape index (κ1) is 13.0. The third-order valence-electron chi connectivity index (χ3n) is 2.74. The van der Waals surface area contributed by atoms with Crippen LogP contribution in [-0.4, -0.2) is 24.7 Å². The van der Waals surface area contributed by atoms with Crippen LogP contribution in [0.1, 0.15) is 5.56 Å². The Morgan fingerprint density at radius 2 is 2.00 bits per heavy atom. The zero-order valence-electron chi connectivity index (χ0n) is 11.3. The number of rotatable bonds is 4. The molecule has 0 spiro atoms. The number of hydrazine groups is 1. The number of aromatic nitrogens is 5. The molecule has 0 saturated carbocycles. The van der Waals surface area contributed by atoms with Crippen LogP contribution in [0.3, 0.4) is 0 Å². The van der Waals surface area contributed by atoms with Crippen molar-refractivity contribution in [1.29, 1.82) is 0 Å². The van der Waals surface area contributed by atoms with Gasteiger partial charge in [-0.1, -0.05) is 18.2 Å². The maximum atomic E-state index is 5.69. The smallest absolute Gasteiger partial charge is 0.328 e. The molecule has 0 unspecified atom stereocenters. The third-order valence-corrected chi connectivity index (χ3v) is 2.74. The molecular weight excluding hydrogens is 270 g/mol. The highest BCUT2D eigenvalue weighted by molar-refractivity contribution is 5.35. The first-order chi connectivity index (χ1) is 10.3. The van der Waals surface area contributed by atoms with Gasteiger partial charge in [0.15, 0.2) is 0 Å². The summed E-state index contributed by atoms with van der Waals surface area (Å²) in [5, 5.41) is 4.07. The van der Waals surface area contributed by atoms with E-state index in [9.17, 15) is 0 Å². The molecule has 0 atom stereocenters. The molecule has 8 nitrogen and oxygen atoms in total. The Labute approximate surface area is 120 Å². The zero-order chi connectivity index (χ0) is 14.7. The van der Waals surface area contributed by atoms with Crippen molar-refractivity contribution in [3.05, 3.63) is 48.3 Å². The van der Waals surface area contributed by atoms with Gasteiger partial charge in [0.05, 0.1) is 0 Å². The second-order valence-corrected chi connectivity index (χ2v) is 4.20. The topological polar surface area (TPSA) is 104 Å². The molecule has 1 aromatic carbocycles. The fourth-order valence-electron chi connectivity index (χ4n) is 1.71. The minimum Gasteiger partial charge on any atom is -0.424 e. The molecule has 0 bridgehead atoms. The van der Waals surface area contributed by atoms with Crippen LogP contribution in [0, 0.1) is 6.92 Å². The summed E-state index contributed by atoms with van der Waals surface area (Å²) in [6.45, 7) is 1.94. The highest BCUT2D eigenvalue weighted by Crippen LogP contribution is 2.22. The Morgan fingerprint density at radius 3 is 2.71 bits per heavy atom. The van der Waals surface area contributed by atoms with Crippen molar-refractivity contribution in [2.75, 3.05) is 5.43 Å². The van der Waals surface area contributed by atoms with Crippen LogP contribution in [0.15, 0.2) is 42.7 Å². The molecule has 0 aliphatic carbocycles. The maximum Gasteiger partial charge on any atom is 0.328 e. The van der Waals surface area contributed by atoms with Crippen molar-refractivity contribution in [3.8, 4) is 17.7 Å². The summed E-state index contributed by atoms with van der Waals surface area (Å²) in [4.78, 5) is 12.4. The van der Waals surface area contributed by atoms with E-state index in [-0.39, 0.29) is 12.0 Å². The summed E-state index contributed by atoms with van der Waals surface area (Å²) in [5.41, 5.74) is 3.36.